The molecule has 0 saturated carbocycles. The molecule has 0 aromatic carbocycles. The third-order valence-electron chi connectivity index (χ3n) is 2.95. The number of ether oxygens (including phenoxy) is 1. The summed E-state index contributed by atoms with van der Waals surface area (Å²) in [6, 6.07) is 2.00. The number of hydrogen-bond donors (Lipinski definition) is 1. The molecule has 2 heterocycles. The second-order valence-corrected chi connectivity index (χ2v) is 5.41. The molecule has 0 spiro atoms. The quantitative estimate of drug-likeness (QED) is 0.830. The topological polar surface area (TPSA) is 64.1 Å². The Morgan fingerprint density at radius 3 is 2.95 bits per heavy atom. The van der Waals surface area contributed by atoms with Crippen LogP contribution in [0.5, 0.6) is 0 Å². The van der Waals surface area contributed by atoms with Gasteiger partial charge in [-0.2, -0.15) is 0 Å². The molecule has 0 aliphatic heterocycles. The highest BCUT2D eigenvalue weighted by Crippen LogP contribution is 2.25. The second kappa shape index (κ2) is 6.65. The number of carbonyl (C=O) groups excluding carboxylic acids is 1. The van der Waals surface area contributed by atoms with Crippen LogP contribution in [0.15, 0.2) is 11.4 Å². The lowest BCUT2D eigenvalue weighted by Gasteiger charge is -2.13. The Morgan fingerprint density at radius 1 is 1.45 bits per heavy atom. The molecular weight excluding hydrogens is 274 g/mol. The van der Waals surface area contributed by atoms with E-state index in [4.69, 9.17) is 4.74 Å². The van der Waals surface area contributed by atoms with Gasteiger partial charge in [0.25, 0.3) is 0 Å². The van der Waals surface area contributed by atoms with E-state index in [0.717, 1.165) is 28.3 Å². The van der Waals surface area contributed by atoms with Crippen LogP contribution in [0, 0.1) is 5.92 Å². The van der Waals surface area contributed by atoms with Gasteiger partial charge in [-0.05, 0) is 18.4 Å². The van der Waals surface area contributed by atoms with E-state index in [9.17, 15) is 4.79 Å². The largest absolute Gasteiger partial charge is 0.466 e. The van der Waals surface area contributed by atoms with Crippen LogP contribution in [0.25, 0.3) is 10.2 Å². The number of fused-ring (bicyclic) bond motifs is 1. The van der Waals surface area contributed by atoms with Crippen LogP contribution in [0.3, 0.4) is 0 Å². The van der Waals surface area contributed by atoms with E-state index >= 15 is 0 Å². The van der Waals surface area contributed by atoms with E-state index in [2.05, 4.69) is 15.3 Å². The lowest BCUT2D eigenvalue weighted by molar-refractivity contribution is -0.146. The zero-order chi connectivity index (χ0) is 14.5. The third-order valence-corrected chi connectivity index (χ3v) is 3.76. The number of esters is 1. The predicted molar refractivity (Wildman–Crippen MR) is 81.1 cm³/mol. The number of hydrogen-bond acceptors (Lipinski definition) is 6. The van der Waals surface area contributed by atoms with Gasteiger partial charge in [0.15, 0.2) is 0 Å². The summed E-state index contributed by atoms with van der Waals surface area (Å²) in [6.07, 6.45) is 0.788. The van der Waals surface area contributed by atoms with Gasteiger partial charge in [0, 0.05) is 13.0 Å². The van der Waals surface area contributed by atoms with Gasteiger partial charge in [0.1, 0.15) is 16.5 Å². The van der Waals surface area contributed by atoms with Crippen LogP contribution >= 0.6 is 11.3 Å². The first kappa shape index (κ1) is 14.7. The van der Waals surface area contributed by atoms with Gasteiger partial charge >= 0.3 is 5.97 Å². The molecule has 2 aromatic heterocycles. The summed E-state index contributed by atoms with van der Waals surface area (Å²) in [5, 5.41) is 6.24. The monoisotopic (exact) mass is 293 g/mol. The average molecular weight is 293 g/mol. The van der Waals surface area contributed by atoms with Crippen molar-refractivity contribution in [2.24, 2.45) is 5.92 Å². The number of aromatic nitrogens is 2. The van der Waals surface area contributed by atoms with Gasteiger partial charge < -0.3 is 10.1 Å². The maximum absolute atomic E-state index is 11.6. The van der Waals surface area contributed by atoms with Crippen LogP contribution in [0.4, 0.5) is 5.82 Å². The Hall–Kier alpha value is -1.69. The van der Waals surface area contributed by atoms with Crippen molar-refractivity contribution in [2.45, 2.75) is 27.2 Å². The molecule has 0 saturated heterocycles. The SMILES string of the molecule is CCOC(=O)C(C)CNc1nc(CC)nc2sccc12. The smallest absolute Gasteiger partial charge is 0.310 e. The maximum Gasteiger partial charge on any atom is 0.310 e. The highest BCUT2D eigenvalue weighted by molar-refractivity contribution is 7.16. The summed E-state index contributed by atoms with van der Waals surface area (Å²) in [5.41, 5.74) is 0. The Balaban J connectivity index is 2.12. The van der Waals surface area contributed by atoms with Gasteiger partial charge in [-0.25, -0.2) is 9.97 Å². The lowest BCUT2D eigenvalue weighted by atomic mass is 10.2. The maximum atomic E-state index is 11.6. The van der Waals surface area contributed by atoms with E-state index in [0.29, 0.717) is 13.2 Å². The molecule has 2 aromatic rings. The highest BCUT2D eigenvalue weighted by Gasteiger charge is 2.15. The zero-order valence-electron chi connectivity index (χ0n) is 12.0. The number of thiophene rings is 1. The minimum atomic E-state index is -0.205. The summed E-state index contributed by atoms with van der Waals surface area (Å²) in [5.74, 6) is 1.21. The molecule has 20 heavy (non-hydrogen) atoms. The number of anilines is 1. The van der Waals surface area contributed by atoms with Crippen LogP contribution in [0.1, 0.15) is 26.6 Å². The molecule has 1 N–H and O–H groups in total. The van der Waals surface area contributed by atoms with Gasteiger partial charge in [0.2, 0.25) is 0 Å². The molecule has 2 rings (SSSR count). The van der Waals surface area contributed by atoms with E-state index in [1.165, 1.54) is 0 Å². The second-order valence-electron chi connectivity index (χ2n) is 4.52. The highest BCUT2D eigenvalue weighted by atomic mass is 32.1. The van der Waals surface area contributed by atoms with Crippen molar-refractivity contribution in [2.75, 3.05) is 18.5 Å². The Labute approximate surface area is 122 Å². The standard InChI is InChI=1S/C14H19N3O2S/c1-4-11-16-12(10-6-7-20-13(10)17-11)15-8-9(3)14(18)19-5-2/h6-7,9H,4-5,8H2,1-3H3,(H,15,16,17). The number of rotatable bonds is 6. The Bertz CT molecular complexity index is 597. The minimum absolute atomic E-state index is 0.189. The first-order valence-corrected chi connectivity index (χ1v) is 7.68. The number of aryl methyl sites for hydroxylation is 1. The molecule has 0 amide bonds. The molecule has 0 fully saturated rings. The molecule has 108 valence electrons. The van der Waals surface area contributed by atoms with Crippen molar-refractivity contribution in [3.05, 3.63) is 17.3 Å². The zero-order valence-corrected chi connectivity index (χ0v) is 12.8. The average Bonchev–Trinajstić information content (AvgIpc) is 2.92. The van der Waals surface area contributed by atoms with Crippen molar-refractivity contribution < 1.29 is 9.53 Å². The Kier molecular flexibility index (Phi) is 4.89. The summed E-state index contributed by atoms with van der Waals surface area (Å²) in [6.45, 7) is 6.60. The normalized spacial score (nSPS) is 12.3. The molecule has 1 atom stereocenters. The minimum Gasteiger partial charge on any atom is -0.466 e. The lowest BCUT2D eigenvalue weighted by Crippen LogP contribution is -2.23. The van der Waals surface area contributed by atoms with Crippen LogP contribution in [-0.2, 0) is 16.0 Å². The number of carbonyl (C=O) groups is 1. The fraction of sp³-hybridized carbons (Fsp3) is 0.500. The summed E-state index contributed by atoms with van der Waals surface area (Å²) in [7, 11) is 0. The van der Waals surface area contributed by atoms with Crippen molar-refractivity contribution in [1.29, 1.82) is 0 Å². The molecule has 0 bridgehead atoms. The molecule has 5 nitrogen and oxygen atoms in total. The van der Waals surface area contributed by atoms with E-state index < -0.39 is 0 Å². The van der Waals surface area contributed by atoms with Crippen LogP contribution < -0.4 is 5.32 Å². The molecule has 0 aliphatic carbocycles. The van der Waals surface area contributed by atoms with Crippen molar-refractivity contribution >= 4 is 33.3 Å². The van der Waals surface area contributed by atoms with Crippen molar-refractivity contribution in [3.63, 3.8) is 0 Å². The van der Waals surface area contributed by atoms with E-state index in [1.54, 1.807) is 11.3 Å². The molecular formula is C14H19N3O2S. The fourth-order valence-electron chi connectivity index (χ4n) is 1.81. The first-order valence-electron chi connectivity index (χ1n) is 6.80. The van der Waals surface area contributed by atoms with Crippen LogP contribution in [0.2, 0.25) is 0 Å². The van der Waals surface area contributed by atoms with Gasteiger partial charge in [-0.3, -0.25) is 4.79 Å². The molecule has 0 radical (unpaired) electrons. The molecule has 0 aliphatic rings. The van der Waals surface area contributed by atoms with Gasteiger partial charge in [-0.1, -0.05) is 13.8 Å². The van der Waals surface area contributed by atoms with E-state index in [1.807, 2.05) is 32.2 Å². The summed E-state index contributed by atoms with van der Waals surface area (Å²) < 4.78 is 5.00. The van der Waals surface area contributed by atoms with Crippen molar-refractivity contribution in [1.82, 2.24) is 9.97 Å². The number of nitrogens with one attached hydrogen (secondary N) is 1. The number of nitrogens with zero attached hydrogens (tertiary/aromatic N) is 2. The molecule has 6 heteroatoms. The van der Waals surface area contributed by atoms with Crippen molar-refractivity contribution in [3.8, 4) is 0 Å². The summed E-state index contributed by atoms with van der Waals surface area (Å²) >= 11 is 1.60. The van der Waals surface area contributed by atoms with E-state index in [-0.39, 0.29) is 11.9 Å². The summed E-state index contributed by atoms with van der Waals surface area (Å²) in [4.78, 5) is 21.6. The van der Waals surface area contributed by atoms with Crippen LogP contribution in [-0.4, -0.2) is 29.1 Å². The van der Waals surface area contributed by atoms with Gasteiger partial charge in [0.05, 0.1) is 17.9 Å². The Morgan fingerprint density at radius 2 is 2.25 bits per heavy atom. The first-order chi connectivity index (χ1) is 9.65. The predicted octanol–water partition coefficient (Wildman–Crippen LogP) is 2.86. The van der Waals surface area contributed by atoms with Gasteiger partial charge in [-0.15, -0.1) is 11.3 Å². The fourth-order valence-corrected chi connectivity index (χ4v) is 2.59. The molecule has 1 unspecified atom stereocenters. The third kappa shape index (κ3) is 3.25.